The van der Waals surface area contributed by atoms with Gasteiger partial charge in [-0.3, -0.25) is 4.79 Å². The summed E-state index contributed by atoms with van der Waals surface area (Å²) in [5.74, 6) is -1.03. The van der Waals surface area contributed by atoms with Gasteiger partial charge in [0.25, 0.3) is 0 Å². The van der Waals surface area contributed by atoms with Gasteiger partial charge >= 0.3 is 5.97 Å². The zero-order valence-corrected chi connectivity index (χ0v) is 10.1. The zero-order chi connectivity index (χ0) is 12.3. The molecule has 1 saturated heterocycles. The number of carboxylic acids is 1. The van der Waals surface area contributed by atoms with Crippen molar-refractivity contribution in [3.63, 3.8) is 0 Å². The first-order valence-corrected chi connectivity index (χ1v) is 5.65. The van der Waals surface area contributed by atoms with Crippen LogP contribution in [0.25, 0.3) is 0 Å². The number of amides is 1. The SMILES string of the molecule is CCC1(C(=O)N(C)C(C)C(=O)O)CCNC1. The number of aliphatic carboxylic acids is 1. The van der Waals surface area contributed by atoms with E-state index in [2.05, 4.69) is 5.32 Å². The first kappa shape index (κ1) is 13.0. The smallest absolute Gasteiger partial charge is 0.326 e. The van der Waals surface area contributed by atoms with Gasteiger partial charge < -0.3 is 15.3 Å². The van der Waals surface area contributed by atoms with E-state index in [1.807, 2.05) is 6.92 Å². The number of nitrogens with one attached hydrogen (secondary N) is 1. The molecule has 0 bridgehead atoms. The van der Waals surface area contributed by atoms with Crippen LogP contribution in [0.1, 0.15) is 26.7 Å². The molecule has 0 radical (unpaired) electrons. The Labute approximate surface area is 95.8 Å². The van der Waals surface area contributed by atoms with Crippen molar-refractivity contribution in [2.75, 3.05) is 20.1 Å². The van der Waals surface area contributed by atoms with Gasteiger partial charge in [0.1, 0.15) is 6.04 Å². The summed E-state index contributed by atoms with van der Waals surface area (Å²) < 4.78 is 0. The molecule has 1 heterocycles. The van der Waals surface area contributed by atoms with E-state index in [1.54, 1.807) is 7.05 Å². The molecule has 5 heteroatoms. The van der Waals surface area contributed by atoms with Crippen molar-refractivity contribution in [3.05, 3.63) is 0 Å². The normalized spacial score (nSPS) is 26.4. The van der Waals surface area contributed by atoms with Gasteiger partial charge in [0, 0.05) is 13.6 Å². The van der Waals surface area contributed by atoms with E-state index < -0.39 is 17.4 Å². The molecule has 0 aromatic carbocycles. The van der Waals surface area contributed by atoms with E-state index >= 15 is 0 Å². The first-order chi connectivity index (χ1) is 7.44. The van der Waals surface area contributed by atoms with Crippen molar-refractivity contribution in [3.8, 4) is 0 Å². The number of hydrogen-bond acceptors (Lipinski definition) is 3. The van der Waals surface area contributed by atoms with Gasteiger partial charge in [-0.05, 0) is 26.3 Å². The second-order valence-corrected chi connectivity index (χ2v) is 4.49. The molecule has 1 aliphatic rings. The van der Waals surface area contributed by atoms with Crippen molar-refractivity contribution in [1.82, 2.24) is 10.2 Å². The van der Waals surface area contributed by atoms with Gasteiger partial charge in [0.2, 0.25) is 5.91 Å². The Morgan fingerprint density at radius 3 is 2.56 bits per heavy atom. The molecule has 2 N–H and O–H groups in total. The van der Waals surface area contributed by atoms with Crippen LogP contribution in [0.4, 0.5) is 0 Å². The molecule has 2 unspecified atom stereocenters. The molecule has 0 aromatic rings. The molecule has 0 saturated carbocycles. The molecule has 1 amide bonds. The summed E-state index contributed by atoms with van der Waals surface area (Å²) in [4.78, 5) is 24.5. The lowest BCUT2D eigenvalue weighted by Crippen LogP contribution is -2.49. The Morgan fingerprint density at radius 1 is 1.56 bits per heavy atom. The van der Waals surface area contributed by atoms with Gasteiger partial charge in [-0.2, -0.15) is 0 Å². The summed E-state index contributed by atoms with van der Waals surface area (Å²) in [6, 6.07) is -0.767. The van der Waals surface area contributed by atoms with Crippen LogP contribution in [0, 0.1) is 5.41 Å². The highest BCUT2D eigenvalue weighted by molar-refractivity contribution is 5.87. The molecule has 92 valence electrons. The Balaban J connectivity index is 2.79. The van der Waals surface area contributed by atoms with Gasteiger partial charge in [-0.25, -0.2) is 4.79 Å². The van der Waals surface area contributed by atoms with Crippen molar-refractivity contribution in [1.29, 1.82) is 0 Å². The standard InChI is InChI=1S/C11H20N2O3/c1-4-11(5-6-12-7-11)10(16)13(3)8(2)9(14)15/h8,12H,4-7H2,1-3H3,(H,14,15). The number of nitrogens with zero attached hydrogens (tertiary/aromatic N) is 1. The highest BCUT2D eigenvalue weighted by atomic mass is 16.4. The summed E-state index contributed by atoms with van der Waals surface area (Å²) in [6.07, 6.45) is 1.54. The number of hydrogen-bond donors (Lipinski definition) is 2. The molecule has 1 rings (SSSR count). The van der Waals surface area contributed by atoms with E-state index in [0.29, 0.717) is 6.54 Å². The largest absolute Gasteiger partial charge is 0.480 e. The Hall–Kier alpha value is -1.10. The topological polar surface area (TPSA) is 69.6 Å². The molecule has 1 fully saturated rings. The predicted molar refractivity (Wildman–Crippen MR) is 60.1 cm³/mol. The average molecular weight is 228 g/mol. The monoisotopic (exact) mass is 228 g/mol. The van der Waals surface area contributed by atoms with Gasteiger partial charge in [-0.15, -0.1) is 0 Å². The third-order valence-corrected chi connectivity index (χ3v) is 3.63. The highest BCUT2D eigenvalue weighted by Crippen LogP contribution is 2.31. The molecular formula is C11H20N2O3. The minimum atomic E-state index is -0.965. The van der Waals surface area contributed by atoms with Crippen molar-refractivity contribution in [2.45, 2.75) is 32.7 Å². The molecule has 0 aliphatic carbocycles. The average Bonchev–Trinajstić information content (AvgIpc) is 2.75. The molecule has 1 aliphatic heterocycles. The lowest BCUT2D eigenvalue weighted by molar-refractivity contribution is -0.152. The summed E-state index contributed by atoms with van der Waals surface area (Å²) >= 11 is 0. The fourth-order valence-corrected chi connectivity index (χ4v) is 2.09. The second-order valence-electron chi connectivity index (χ2n) is 4.49. The Morgan fingerprint density at radius 2 is 2.19 bits per heavy atom. The van der Waals surface area contributed by atoms with Crippen LogP contribution in [0.15, 0.2) is 0 Å². The number of likely N-dealkylation sites (N-methyl/N-ethyl adjacent to an activating group) is 1. The predicted octanol–water partition coefficient (Wildman–Crippen LogP) is 0.308. The second kappa shape index (κ2) is 4.82. The summed E-state index contributed by atoms with van der Waals surface area (Å²) in [5.41, 5.74) is -0.404. The van der Waals surface area contributed by atoms with Crippen LogP contribution >= 0.6 is 0 Å². The van der Waals surface area contributed by atoms with Gasteiger partial charge in [-0.1, -0.05) is 6.92 Å². The van der Waals surface area contributed by atoms with E-state index in [9.17, 15) is 9.59 Å². The third-order valence-electron chi connectivity index (χ3n) is 3.63. The van der Waals surface area contributed by atoms with Crippen molar-refractivity contribution in [2.24, 2.45) is 5.41 Å². The fourth-order valence-electron chi connectivity index (χ4n) is 2.09. The summed E-state index contributed by atoms with van der Waals surface area (Å²) in [7, 11) is 1.57. The highest BCUT2D eigenvalue weighted by Gasteiger charge is 2.42. The van der Waals surface area contributed by atoms with Crippen LogP contribution in [-0.4, -0.2) is 48.1 Å². The van der Waals surface area contributed by atoms with Crippen LogP contribution in [0.3, 0.4) is 0 Å². The van der Waals surface area contributed by atoms with Crippen LogP contribution in [-0.2, 0) is 9.59 Å². The molecular weight excluding hydrogens is 208 g/mol. The molecule has 0 aromatic heterocycles. The van der Waals surface area contributed by atoms with Crippen molar-refractivity contribution < 1.29 is 14.7 Å². The van der Waals surface area contributed by atoms with Crippen LogP contribution < -0.4 is 5.32 Å². The minimum Gasteiger partial charge on any atom is -0.480 e. The lowest BCUT2D eigenvalue weighted by atomic mass is 9.82. The maximum Gasteiger partial charge on any atom is 0.326 e. The summed E-state index contributed by atoms with van der Waals surface area (Å²) in [5, 5.41) is 12.1. The van der Waals surface area contributed by atoms with Crippen molar-refractivity contribution >= 4 is 11.9 Å². The van der Waals surface area contributed by atoms with E-state index in [4.69, 9.17) is 5.11 Å². The Bertz CT molecular complexity index is 285. The van der Waals surface area contributed by atoms with E-state index in [-0.39, 0.29) is 5.91 Å². The lowest BCUT2D eigenvalue weighted by Gasteiger charge is -2.32. The number of carbonyl (C=O) groups is 2. The van der Waals surface area contributed by atoms with Crippen LogP contribution in [0.5, 0.6) is 0 Å². The Kier molecular flexibility index (Phi) is 3.91. The molecule has 0 spiro atoms. The fraction of sp³-hybridized carbons (Fsp3) is 0.818. The van der Waals surface area contributed by atoms with E-state index in [0.717, 1.165) is 19.4 Å². The van der Waals surface area contributed by atoms with Crippen LogP contribution in [0.2, 0.25) is 0 Å². The number of carbonyl (C=O) groups excluding carboxylic acids is 1. The molecule has 16 heavy (non-hydrogen) atoms. The maximum absolute atomic E-state index is 12.3. The first-order valence-electron chi connectivity index (χ1n) is 5.65. The zero-order valence-electron chi connectivity index (χ0n) is 10.1. The third kappa shape index (κ3) is 2.19. The maximum atomic E-state index is 12.3. The van der Waals surface area contributed by atoms with Gasteiger partial charge in [0.15, 0.2) is 0 Å². The minimum absolute atomic E-state index is 0.0603. The molecule has 2 atom stereocenters. The van der Waals surface area contributed by atoms with Gasteiger partial charge in [0.05, 0.1) is 5.41 Å². The number of rotatable bonds is 4. The number of carboxylic acid groups (broad SMARTS) is 1. The molecule has 5 nitrogen and oxygen atoms in total. The van der Waals surface area contributed by atoms with E-state index in [1.165, 1.54) is 11.8 Å². The summed E-state index contributed by atoms with van der Waals surface area (Å²) in [6.45, 7) is 4.99. The quantitative estimate of drug-likeness (QED) is 0.726.